The van der Waals surface area contributed by atoms with Crippen LogP contribution in [-0.4, -0.2) is 22.6 Å². The Bertz CT molecular complexity index is 554. The van der Waals surface area contributed by atoms with Crippen molar-refractivity contribution >= 4 is 40.6 Å². The molecule has 0 atom stereocenters. The van der Waals surface area contributed by atoms with Crippen molar-refractivity contribution < 1.29 is 9.59 Å². The van der Waals surface area contributed by atoms with Crippen molar-refractivity contribution in [3.05, 3.63) is 52.4 Å². The van der Waals surface area contributed by atoms with Crippen LogP contribution in [0, 0.1) is 0 Å². The van der Waals surface area contributed by atoms with Crippen LogP contribution in [0.3, 0.4) is 0 Å². The quantitative estimate of drug-likeness (QED) is 0.627. The van der Waals surface area contributed by atoms with Crippen LogP contribution in [0.2, 0.25) is 5.02 Å². The van der Waals surface area contributed by atoms with Crippen LogP contribution in [-0.2, 0) is 4.79 Å². The molecule has 1 saturated heterocycles. The standard InChI is InChI=1S/C13H10ClNO2S/c1-2-7-15-12(16)11(18-13(15)17)8-9-5-3-4-6-10(9)14/h2-6,8H,1,7H2/b11-8-. The second-order valence-corrected chi connectivity index (χ2v) is 5.00. The van der Waals surface area contributed by atoms with Gasteiger partial charge >= 0.3 is 0 Å². The Balaban J connectivity index is 2.31. The van der Waals surface area contributed by atoms with Gasteiger partial charge in [0.05, 0.1) is 4.91 Å². The SMILES string of the molecule is C=CCN1C(=O)S/C(=C\c2ccccc2Cl)C1=O. The largest absolute Gasteiger partial charge is 0.293 e. The average molecular weight is 280 g/mol. The first-order valence-electron chi connectivity index (χ1n) is 5.24. The molecule has 0 aliphatic carbocycles. The molecule has 1 aliphatic rings. The number of carbonyl (C=O) groups is 2. The van der Waals surface area contributed by atoms with Crippen LogP contribution in [0.25, 0.3) is 6.08 Å². The fourth-order valence-corrected chi connectivity index (χ4v) is 2.55. The topological polar surface area (TPSA) is 37.4 Å². The zero-order valence-corrected chi connectivity index (χ0v) is 11.0. The number of thioether (sulfide) groups is 1. The number of halogens is 1. The van der Waals surface area contributed by atoms with Crippen molar-refractivity contribution in [1.29, 1.82) is 0 Å². The molecule has 0 N–H and O–H groups in total. The molecule has 0 radical (unpaired) electrons. The summed E-state index contributed by atoms with van der Waals surface area (Å²) in [4.78, 5) is 25.1. The molecule has 0 saturated carbocycles. The first-order valence-corrected chi connectivity index (χ1v) is 6.43. The molecule has 0 spiro atoms. The van der Waals surface area contributed by atoms with Gasteiger partial charge in [0.2, 0.25) is 0 Å². The maximum absolute atomic E-state index is 11.9. The van der Waals surface area contributed by atoms with Gasteiger partial charge in [-0.1, -0.05) is 35.9 Å². The van der Waals surface area contributed by atoms with Gasteiger partial charge in [0.1, 0.15) is 0 Å². The summed E-state index contributed by atoms with van der Waals surface area (Å²) in [6, 6.07) is 7.17. The number of hydrogen-bond acceptors (Lipinski definition) is 3. The third-order valence-corrected chi connectivity index (χ3v) is 3.63. The number of hydrogen-bond donors (Lipinski definition) is 0. The maximum Gasteiger partial charge on any atom is 0.293 e. The normalized spacial score (nSPS) is 17.6. The highest BCUT2D eigenvalue weighted by atomic mass is 35.5. The molecule has 0 aromatic heterocycles. The molecule has 2 rings (SSSR count). The van der Waals surface area contributed by atoms with E-state index in [9.17, 15) is 9.59 Å². The number of rotatable bonds is 3. The van der Waals surface area contributed by atoms with Crippen LogP contribution in [0.5, 0.6) is 0 Å². The van der Waals surface area contributed by atoms with Gasteiger partial charge in [-0.05, 0) is 29.5 Å². The van der Waals surface area contributed by atoms with E-state index in [1.807, 2.05) is 12.1 Å². The number of carbonyl (C=O) groups excluding carboxylic acids is 2. The predicted molar refractivity (Wildman–Crippen MR) is 74.3 cm³/mol. The highest BCUT2D eigenvalue weighted by Crippen LogP contribution is 2.33. The second-order valence-electron chi connectivity index (χ2n) is 3.60. The van der Waals surface area contributed by atoms with Crippen LogP contribution in [0.1, 0.15) is 5.56 Å². The van der Waals surface area contributed by atoms with Crippen LogP contribution in [0.4, 0.5) is 4.79 Å². The Kier molecular flexibility index (Phi) is 3.89. The molecule has 1 fully saturated rings. The lowest BCUT2D eigenvalue weighted by molar-refractivity contribution is -0.122. The Labute approximate surface area is 114 Å². The summed E-state index contributed by atoms with van der Waals surface area (Å²) in [5, 5.41) is 0.270. The predicted octanol–water partition coefficient (Wildman–Crippen LogP) is 3.56. The fourth-order valence-electron chi connectivity index (χ4n) is 1.52. The van der Waals surface area contributed by atoms with Gasteiger partial charge in [-0.15, -0.1) is 6.58 Å². The van der Waals surface area contributed by atoms with Crippen LogP contribution >= 0.6 is 23.4 Å². The Hall–Kier alpha value is -1.52. The Morgan fingerprint density at radius 1 is 1.33 bits per heavy atom. The lowest BCUT2D eigenvalue weighted by Crippen LogP contribution is -2.27. The van der Waals surface area contributed by atoms with Gasteiger partial charge < -0.3 is 0 Å². The summed E-state index contributed by atoms with van der Waals surface area (Å²) in [7, 11) is 0. The summed E-state index contributed by atoms with van der Waals surface area (Å²) < 4.78 is 0. The monoisotopic (exact) mass is 279 g/mol. The molecule has 18 heavy (non-hydrogen) atoms. The van der Waals surface area contributed by atoms with Gasteiger partial charge in [-0.3, -0.25) is 14.5 Å². The molecule has 0 unspecified atom stereocenters. The fraction of sp³-hybridized carbons (Fsp3) is 0.0769. The molecule has 0 bridgehead atoms. The zero-order chi connectivity index (χ0) is 13.1. The number of imide groups is 1. The van der Waals surface area contributed by atoms with Gasteiger partial charge in [0.15, 0.2) is 0 Å². The first kappa shape index (κ1) is 12.9. The molecule has 1 aromatic rings. The minimum Gasteiger partial charge on any atom is -0.268 e. The molecule has 1 heterocycles. The number of nitrogens with zero attached hydrogens (tertiary/aromatic N) is 1. The van der Waals surface area contributed by atoms with E-state index in [0.29, 0.717) is 9.93 Å². The van der Waals surface area contributed by atoms with Gasteiger partial charge in [-0.25, -0.2) is 0 Å². The van der Waals surface area contributed by atoms with E-state index in [0.717, 1.165) is 22.2 Å². The summed E-state index contributed by atoms with van der Waals surface area (Å²) in [6.45, 7) is 3.75. The van der Waals surface area contributed by atoms with Gasteiger partial charge in [-0.2, -0.15) is 0 Å². The van der Waals surface area contributed by atoms with E-state index in [4.69, 9.17) is 11.6 Å². The molecule has 5 heteroatoms. The van der Waals surface area contributed by atoms with E-state index < -0.39 is 0 Å². The molecule has 1 aromatic carbocycles. The molecular weight excluding hydrogens is 270 g/mol. The lowest BCUT2D eigenvalue weighted by atomic mass is 10.2. The van der Waals surface area contributed by atoms with E-state index in [-0.39, 0.29) is 17.7 Å². The van der Waals surface area contributed by atoms with Crippen LogP contribution in [0.15, 0.2) is 41.8 Å². The van der Waals surface area contributed by atoms with E-state index in [2.05, 4.69) is 6.58 Å². The van der Waals surface area contributed by atoms with E-state index in [1.165, 1.54) is 6.08 Å². The molecular formula is C13H10ClNO2S. The smallest absolute Gasteiger partial charge is 0.268 e. The van der Waals surface area contributed by atoms with Crippen molar-refractivity contribution in [1.82, 2.24) is 4.90 Å². The van der Waals surface area contributed by atoms with Crippen LogP contribution < -0.4 is 0 Å². The van der Waals surface area contributed by atoms with Crippen molar-refractivity contribution in [3.63, 3.8) is 0 Å². The molecule has 3 nitrogen and oxygen atoms in total. The third kappa shape index (κ3) is 2.49. The maximum atomic E-state index is 11.9. The number of amides is 2. The summed E-state index contributed by atoms with van der Waals surface area (Å²) in [5.41, 5.74) is 0.725. The van der Waals surface area contributed by atoms with E-state index >= 15 is 0 Å². The minimum absolute atomic E-state index is 0.227. The van der Waals surface area contributed by atoms with Crippen molar-refractivity contribution in [3.8, 4) is 0 Å². The Morgan fingerprint density at radius 3 is 2.72 bits per heavy atom. The third-order valence-electron chi connectivity index (χ3n) is 2.38. The highest BCUT2D eigenvalue weighted by molar-refractivity contribution is 8.18. The summed E-state index contributed by atoms with van der Waals surface area (Å²) in [6.07, 6.45) is 3.16. The molecule has 1 aliphatic heterocycles. The Morgan fingerprint density at radius 2 is 2.06 bits per heavy atom. The minimum atomic E-state index is -0.301. The molecule has 2 amide bonds. The zero-order valence-electron chi connectivity index (χ0n) is 9.43. The summed E-state index contributed by atoms with van der Waals surface area (Å²) >= 11 is 6.92. The van der Waals surface area contributed by atoms with Gasteiger partial charge in [0.25, 0.3) is 11.1 Å². The lowest BCUT2D eigenvalue weighted by Gasteiger charge is -2.07. The molecule has 92 valence electrons. The van der Waals surface area contributed by atoms with Crippen molar-refractivity contribution in [2.45, 2.75) is 0 Å². The first-order chi connectivity index (χ1) is 8.63. The highest BCUT2D eigenvalue weighted by Gasteiger charge is 2.34. The average Bonchev–Trinajstić information content (AvgIpc) is 2.60. The van der Waals surface area contributed by atoms with Crippen molar-refractivity contribution in [2.24, 2.45) is 0 Å². The van der Waals surface area contributed by atoms with E-state index in [1.54, 1.807) is 18.2 Å². The van der Waals surface area contributed by atoms with Gasteiger partial charge in [0, 0.05) is 11.6 Å². The second kappa shape index (κ2) is 5.42. The summed E-state index contributed by atoms with van der Waals surface area (Å²) in [5.74, 6) is -0.301. The van der Waals surface area contributed by atoms with Crippen molar-refractivity contribution in [2.75, 3.05) is 6.54 Å². The number of benzene rings is 1.